The van der Waals surface area contributed by atoms with Gasteiger partial charge in [0.25, 0.3) is 0 Å². The Morgan fingerprint density at radius 1 is 0.944 bits per heavy atom. The van der Waals surface area contributed by atoms with Crippen LogP contribution in [0.1, 0.15) is 26.3 Å². The summed E-state index contributed by atoms with van der Waals surface area (Å²) in [6.45, 7) is 6.63. The van der Waals surface area contributed by atoms with E-state index >= 15 is 0 Å². The van der Waals surface area contributed by atoms with Gasteiger partial charge in [-0.1, -0.05) is 44.7 Å². The van der Waals surface area contributed by atoms with Crippen LogP contribution in [-0.2, 0) is 5.41 Å². The number of rotatable bonds is 2. The lowest BCUT2D eigenvalue weighted by Gasteiger charge is -2.18. The van der Waals surface area contributed by atoms with Gasteiger partial charge in [-0.2, -0.15) is 0 Å². The molecule has 0 atom stereocenters. The molecule has 0 bridgehead atoms. The molecular weight excluding hydrogens is 242 g/mol. The first-order valence-corrected chi connectivity index (χ1v) is 6.64. The fourth-order valence-electron chi connectivity index (χ4n) is 1.53. The first-order chi connectivity index (χ1) is 8.45. The van der Waals surface area contributed by atoms with E-state index in [-0.39, 0.29) is 5.41 Å². The molecule has 0 aliphatic heterocycles. The molecule has 2 N–H and O–H groups in total. The highest BCUT2D eigenvalue weighted by molar-refractivity contribution is 7.99. The Labute approximate surface area is 112 Å². The van der Waals surface area contributed by atoms with Gasteiger partial charge in [-0.25, -0.2) is 0 Å². The molecule has 1 heterocycles. The molecule has 0 amide bonds. The van der Waals surface area contributed by atoms with Gasteiger partial charge in [-0.3, -0.25) is 0 Å². The van der Waals surface area contributed by atoms with E-state index in [0.717, 1.165) is 9.92 Å². The molecule has 4 heteroatoms. The van der Waals surface area contributed by atoms with E-state index in [1.54, 1.807) is 17.8 Å². The van der Waals surface area contributed by atoms with Gasteiger partial charge in [-0.15, -0.1) is 10.2 Å². The van der Waals surface area contributed by atoms with Crippen molar-refractivity contribution in [3.8, 4) is 0 Å². The average molecular weight is 259 g/mol. The first-order valence-electron chi connectivity index (χ1n) is 5.83. The second-order valence-corrected chi connectivity index (χ2v) is 6.27. The summed E-state index contributed by atoms with van der Waals surface area (Å²) in [7, 11) is 0. The van der Waals surface area contributed by atoms with E-state index in [2.05, 4.69) is 55.2 Å². The van der Waals surface area contributed by atoms with Crippen LogP contribution in [0.25, 0.3) is 0 Å². The Hall–Kier alpha value is -1.55. The van der Waals surface area contributed by atoms with E-state index in [0.29, 0.717) is 5.82 Å². The summed E-state index contributed by atoms with van der Waals surface area (Å²) in [6, 6.07) is 12.2. The monoisotopic (exact) mass is 259 g/mol. The number of aromatic nitrogens is 2. The normalized spacial score (nSPS) is 11.5. The van der Waals surface area contributed by atoms with E-state index in [1.807, 2.05) is 6.07 Å². The largest absolute Gasteiger partial charge is 0.382 e. The van der Waals surface area contributed by atoms with Gasteiger partial charge in [0, 0.05) is 4.90 Å². The van der Waals surface area contributed by atoms with E-state index in [1.165, 1.54) is 5.56 Å². The van der Waals surface area contributed by atoms with Crippen LogP contribution in [0.2, 0.25) is 0 Å². The Morgan fingerprint density at radius 2 is 1.61 bits per heavy atom. The highest BCUT2D eigenvalue weighted by Crippen LogP contribution is 2.29. The highest BCUT2D eigenvalue weighted by atomic mass is 32.2. The number of hydrogen-bond acceptors (Lipinski definition) is 4. The number of anilines is 1. The topological polar surface area (TPSA) is 51.8 Å². The second-order valence-electron chi connectivity index (χ2n) is 5.17. The predicted molar refractivity (Wildman–Crippen MR) is 75.7 cm³/mol. The van der Waals surface area contributed by atoms with Gasteiger partial charge in [0.15, 0.2) is 0 Å². The fourth-order valence-corrected chi connectivity index (χ4v) is 2.26. The lowest BCUT2D eigenvalue weighted by molar-refractivity contribution is 0.590. The molecule has 18 heavy (non-hydrogen) atoms. The van der Waals surface area contributed by atoms with Crippen LogP contribution in [0.15, 0.2) is 46.3 Å². The summed E-state index contributed by atoms with van der Waals surface area (Å²) in [5.74, 6) is 0.447. The van der Waals surface area contributed by atoms with Gasteiger partial charge in [-0.05, 0) is 35.2 Å². The maximum Gasteiger partial charge on any atom is 0.146 e. The summed E-state index contributed by atoms with van der Waals surface area (Å²) in [6.07, 6.45) is 0. The van der Waals surface area contributed by atoms with Crippen LogP contribution >= 0.6 is 11.8 Å². The molecule has 0 fully saturated rings. The molecule has 0 saturated heterocycles. The smallest absolute Gasteiger partial charge is 0.146 e. The Kier molecular flexibility index (Phi) is 3.57. The van der Waals surface area contributed by atoms with Crippen molar-refractivity contribution in [2.45, 2.75) is 36.1 Å². The fraction of sp³-hybridized carbons (Fsp3) is 0.286. The second kappa shape index (κ2) is 4.98. The van der Waals surface area contributed by atoms with Crippen molar-refractivity contribution < 1.29 is 0 Å². The van der Waals surface area contributed by atoms with Crippen molar-refractivity contribution in [3.63, 3.8) is 0 Å². The van der Waals surface area contributed by atoms with Crippen molar-refractivity contribution >= 4 is 17.6 Å². The van der Waals surface area contributed by atoms with Crippen LogP contribution in [0.5, 0.6) is 0 Å². The van der Waals surface area contributed by atoms with Crippen molar-refractivity contribution in [3.05, 3.63) is 42.0 Å². The van der Waals surface area contributed by atoms with Crippen molar-refractivity contribution in [1.29, 1.82) is 0 Å². The molecule has 0 aliphatic rings. The molecule has 1 aromatic heterocycles. The maximum atomic E-state index is 5.50. The summed E-state index contributed by atoms with van der Waals surface area (Å²) >= 11 is 1.59. The molecule has 0 unspecified atom stereocenters. The Balaban J connectivity index is 2.13. The van der Waals surface area contributed by atoms with Crippen LogP contribution in [-0.4, -0.2) is 10.2 Å². The summed E-state index contributed by atoms with van der Waals surface area (Å²) in [5, 5.41) is 8.73. The molecule has 1 aromatic carbocycles. The first kappa shape index (κ1) is 12.9. The number of nitrogens with zero attached hydrogens (tertiary/aromatic N) is 2. The van der Waals surface area contributed by atoms with Crippen LogP contribution in [0.4, 0.5) is 5.82 Å². The highest BCUT2D eigenvalue weighted by Gasteiger charge is 2.12. The number of benzene rings is 1. The third-order valence-corrected chi connectivity index (χ3v) is 3.54. The molecule has 0 aliphatic carbocycles. The molecule has 0 saturated carbocycles. The summed E-state index contributed by atoms with van der Waals surface area (Å²) in [5.41, 5.74) is 7.02. The predicted octanol–water partition coefficient (Wildman–Crippen LogP) is 3.51. The van der Waals surface area contributed by atoms with Crippen molar-refractivity contribution in [1.82, 2.24) is 10.2 Å². The molecular formula is C14H17N3S. The van der Waals surface area contributed by atoms with E-state index in [4.69, 9.17) is 5.73 Å². The SMILES string of the molecule is CC(C)(C)c1ccc(Sc2ccc(N)nn2)cc1. The van der Waals surface area contributed by atoms with E-state index < -0.39 is 0 Å². The minimum absolute atomic E-state index is 0.185. The van der Waals surface area contributed by atoms with Crippen LogP contribution in [0.3, 0.4) is 0 Å². The number of hydrogen-bond donors (Lipinski definition) is 1. The number of nitrogen functional groups attached to an aromatic ring is 1. The third-order valence-electron chi connectivity index (χ3n) is 2.60. The molecule has 2 rings (SSSR count). The molecule has 2 aromatic rings. The minimum atomic E-state index is 0.185. The van der Waals surface area contributed by atoms with Gasteiger partial charge in [0.05, 0.1) is 0 Å². The molecule has 3 nitrogen and oxygen atoms in total. The van der Waals surface area contributed by atoms with Gasteiger partial charge in [0.1, 0.15) is 10.8 Å². The standard InChI is InChI=1S/C14H17N3S/c1-14(2,3)10-4-6-11(7-5-10)18-13-9-8-12(15)16-17-13/h4-9H,1-3H3,(H2,15,16). The third kappa shape index (κ3) is 3.23. The molecule has 94 valence electrons. The van der Waals surface area contributed by atoms with Gasteiger partial charge >= 0.3 is 0 Å². The van der Waals surface area contributed by atoms with Crippen molar-refractivity contribution in [2.75, 3.05) is 5.73 Å². The van der Waals surface area contributed by atoms with Gasteiger partial charge < -0.3 is 5.73 Å². The van der Waals surface area contributed by atoms with Gasteiger partial charge in [0.2, 0.25) is 0 Å². The molecule has 0 spiro atoms. The zero-order valence-electron chi connectivity index (χ0n) is 10.8. The minimum Gasteiger partial charge on any atom is -0.382 e. The summed E-state index contributed by atoms with van der Waals surface area (Å²) < 4.78 is 0. The van der Waals surface area contributed by atoms with Crippen LogP contribution < -0.4 is 5.73 Å². The zero-order valence-corrected chi connectivity index (χ0v) is 11.7. The van der Waals surface area contributed by atoms with Crippen molar-refractivity contribution in [2.24, 2.45) is 0 Å². The zero-order chi connectivity index (χ0) is 13.2. The number of nitrogens with two attached hydrogens (primary N) is 1. The maximum absolute atomic E-state index is 5.50. The average Bonchev–Trinajstić information content (AvgIpc) is 2.32. The lowest BCUT2D eigenvalue weighted by Crippen LogP contribution is -2.10. The summed E-state index contributed by atoms with van der Waals surface area (Å²) in [4.78, 5) is 1.15. The van der Waals surface area contributed by atoms with E-state index in [9.17, 15) is 0 Å². The Morgan fingerprint density at radius 3 is 2.11 bits per heavy atom. The van der Waals surface area contributed by atoms with Crippen LogP contribution in [0, 0.1) is 0 Å². The molecule has 0 radical (unpaired) electrons. The lowest BCUT2D eigenvalue weighted by atomic mass is 9.87. The quantitative estimate of drug-likeness (QED) is 0.896. The Bertz CT molecular complexity index is 512.